The minimum atomic E-state index is -1.17. The zero-order chi connectivity index (χ0) is 17.5. The number of halogens is 2. The van der Waals surface area contributed by atoms with E-state index in [1.54, 1.807) is 30.3 Å². The molecule has 0 saturated carbocycles. The van der Waals surface area contributed by atoms with Gasteiger partial charge in [0.2, 0.25) is 0 Å². The summed E-state index contributed by atoms with van der Waals surface area (Å²) in [6, 6.07) is 12.2. The predicted molar refractivity (Wildman–Crippen MR) is 88.9 cm³/mol. The lowest BCUT2D eigenvalue weighted by Crippen LogP contribution is -2.31. The van der Waals surface area contributed by atoms with Gasteiger partial charge >= 0.3 is 12.1 Å². The number of hydrogen-bond acceptors (Lipinski definition) is 3. The van der Waals surface area contributed by atoms with Gasteiger partial charge in [-0.05, 0) is 17.7 Å². The number of nitrogens with one attached hydrogen (secondary N) is 1. The number of carbonyl (C=O) groups excluding carboxylic acids is 1. The van der Waals surface area contributed by atoms with Gasteiger partial charge in [0, 0.05) is 10.0 Å². The first kappa shape index (κ1) is 17.9. The lowest BCUT2D eigenvalue weighted by Gasteiger charge is -2.19. The summed E-state index contributed by atoms with van der Waals surface area (Å²) in [7, 11) is 0. The van der Waals surface area contributed by atoms with Gasteiger partial charge in [0.15, 0.2) is 0 Å². The number of alkyl carbamates (subject to hydrolysis) is 1. The van der Waals surface area contributed by atoms with Gasteiger partial charge in [-0.25, -0.2) is 9.18 Å². The van der Waals surface area contributed by atoms with E-state index in [1.165, 1.54) is 12.1 Å². The van der Waals surface area contributed by atoms with E-state index in [2.05, 4.69) is 21.2 Å². The number of carboxylic acid groups (broad SMARTS) is 1. The topological polar surface area (TPSA) is 75.6 Å². The number of carboxylic acids is 1. The molecule has 0 aliphatic carbocycles. The minimum Gasteiger partial charge on any atom is -0.481 e. The fourth-order valence-corrected chi connectivity index (χ4v) is 2.77. The maximum atomic E-state index is 14.0. The molecule has 7 heteroatoms. The molecule has 2 aromatic rings. The summed E-state index contributed by atoms with van der Waals surface area (Å²) in [5.74, 6) is -1.78. The first-order valence-corrected chi connectivity index (χ1v) is 7.89. The molecule has 2 N–H and O–H groups in total. The Morgan fingerprint density at radius 2 is 1.88 bits per heavy atom. The molecule has 0 unspecified atom stereocenters. The Bertz CT molecular complexity index is 704. The second-order valence-electron chi connectivity index (χ2n) is 4.99. The van der Waals surface area contributed by atoms with Crippen LogP contribution in [0.5, 0.6) is 0 Å². The quantitative estimate of drug-likeness (QED) is 0.773. The number of benzene rings is 2. The molecule has 0 bridgehead atoms. The molecule has 0 radical (unpaired) electrons. The number of carbonyl (C=O) groups is 2. The highest BCUT2D eigenvalue weighted by Gasteiger charge is 2.24. The van der Waals surface area contributed by atoms with E-state index in [-0.39, 0.29) is 12.2 Å². The summed E-state index contributed by atoms with van der Waals surface area (Å²) < 4.78 is 19.5. The van der Waals surface area contributed by atoms with Crippen molar-refractivity contribution < 1.29 is 23.8 Å². The Balaban J connectivity index is 2.08. The van der Waals surface area contributed by atoms with Gasteiger partial charge in [0.1, 0.15) is 12.4 Å². The van der Waals surface area contributed by atoms with Crippen LogP contribution < -0.4 is 5.32 Å². The number of aliphatic carboxylic acids is 1. The first-order valence-electron chi connectivity index (χ1n) is 7.10. The molecule has 1 amide bonds. The van der Waals surface area contributed by atoms with Crippen LogP contribution in [0.2, 0.25) is 0 Å². The number of ether oxygens (including phenoxy) is 1. The van der Waals surface area contributed by atoms with E-state index in [9.17, 15) is 14.0 Å². The highest BCUT2D eigenvalue weighted by Crippen LogP contribution is 2.28. The average molecular weight is 396 g/mol. The van der Waals surface area contributed by atoms with Crippen molar-refractivity contribution in [3.63, 3.8) is 0 Å². The van der Waals surface area contributed by atoms with Gasteiger partial charge in [-0.2, -0.15) is 0 Å². The number of amides is 1. The number of rotatable bonds is 6. The predicted octanol–water partition coefficient (Wildman–Crippen LogP) is 4.03. The van der Waals surface area contributed by atoms with Gasteiger partial charge in [0.25, 0.3) is 0 Å². The van der Waals surface area contributed by atoms with Crippen molar-refractivity contribution in [1.29, 1.82) is 0 Å². The molecule has 2 aromatic carbocycles. The Labute approximate surface area is 146 Å². The zero-order valence-electron chi connectivity index (χ0n) is 12.5. The Morgan fingerprint density at radius 1 is 1.17 bits per heavy atom. The first-order chi connectivity index (χ1) is 11.5. The molecule has 1 atom stereocenters. The van der Waals surface area contributed by atoms with E-state index in [1.807, 2.05) is 6.07 Å². The maximum Gasteiger partial charge on any atom is 0.407 e. The van der Waals surface area contributed by atoms with E-state index < -0.39 is 30.3 Å². The summed E-state index contributed by atoms with van der Waals surface area (Å²) in [5, 5.41) is 11.4. The highest BCUT2D eigenvalue weighted by molar-refractivity contribution is 9.10. The molecule has 0 fully saturated rings. The van der Waals surface area contributed by atoms with E-state index in [0.717, 1.165) is 5.56 Å². The zero-order valence-corrected chi connectivity index (χ0v) is 14.1. The monoisotopic (exact) mass is 395 g/mol. The van der Waals surface area contributed by atoms with Gasteiger partial charge in [-0.1, -0.05) is 52.3 Å². The largest absolute Gasteiger partial charge is 0.481 e. The molecular weight excluding hydrogens is 381 g/mol. The van der Waals surface area contributed by atoms with Crippen molar-refractivity contribution in [2.75, 3.05) is 0 Å². The van der Waals surface area contributed by atoms with E-state index >= 15 is 0 Å². The third-order valence-electron chi connectivity index (χ3n) is 3.23. The summed E-state index contributed by atoms with van der Waals surface area (Å²) >= 11 is 3.18. The van der Waals surface area contributed by atoms with Crippen LogP contribution in [0.25, 0.3) is 0 Å². The van der Waals surface area contributed by atoms with Gasteiger partial charge in [0.05, 0.1) is 12.5 Å². The van der Waals surface area contributed by atoms with Crippen molar-refractivity contribution in [3.8, 4) is 0 Å². The van der Waals surface area contributed by atoms with Gasteiger partial charge in [-0.3, -0.25) is 4.79 Å². The van der Waals surface area contributed by atoms with Crippen LogP contribution in [-0.4, -0.2) is 17.2 Å². The molecule has 0 aliphatic heterocycles. The van der Waals surface area contributed by atoms with Gasteiger partial charge in [-0.15, -0.1) is 0 Å². The van der Waals surface area contributed by atoms with Crippen LogP contribution in [0.3, 0.4) is 0 Å². The molecule has 0 spiro atoms. The van der Waals surface area contributed by atoms with E-state index in [4.69, 9.17) is 9.84 Å². The van der Waals surface area contributed by atoms with Crippen molar-refractivity contribution >= 4 is 28.0 Å². The lowest BCUT2D eigenvalue weighted by atomic mass is 10.0. The van der Waals surface area contributed by atoms with E-state index in [0.29, 0.717) is 4.47 Å². The lowest BCUT2D eigenvalue weighted by molar-refractivity contribution is -0.137. The molecule has 0 saturated heterocycles. The molecular formula is C17H15BrFNO4. The van der Waals surface area contributed by atoms with Crippen LogP contribution in [0.1, 0.15) is 23.6 Å². The number of hydrogen-bond donors (Lipinski definition) is 2. The highest BCUT2D eigenvalue weighted by atomic mass is 79.9. The molecule has 5 nitrogen and oxygen atoms in total. The minimum absolute atomic E-state index is 0.0326. The second kappa shape index (κ2) is 8.44. The summed E-state index contributed by atoms with van der Waals surface area (Å²) in [6.45, 7) is 0.0326. The van der Waals surface area contributed by atoms with Crippen LogP contribution in [0.4, 0.5) is 9.18 Å². The Hall–Kier alpha value is -2.41. The van der Waals surface area contributed by atoms with Crippen LogP contribution >= 0.6 is 15.9 Å². The molecule has 2 rings (SSSR count). The summed E-state index contributed by atoms with van der Waals surface area (Å²) in [4.78, 5) is 23.0. The SMILES string of the molecule is O=C(O)C[C@@H](NC(=O)OCc1ccccc1)c1c(F)cccc1Br. The van der Waals surface area contributed by atoms with Crippen molar-refractivity contribution in [1.82, 2.24) is 5.32 Å². The maximum absolute atomic E-state index is 14.0. The Kier molecular flexibility index (Phi) is 6.31. The second-order valence-corrected chi connectivity index (χ2v) is 5.85. The normalized spacial score (nSPS) is 11.6. The third-order valence-corrected chi connectivity index (χ3v) is 3.92. The Morgan fingerprint density at radius 3 is 2.50 bits per heavy atom. The smallest absolute Gasteiger partial charge is 0.407 e. The van der Waals surface area contributed by atoms with Crippen molar-refractivity contribution in [2.24, 2.45) is 0 Å². The van der Waals surface area contributed by atoms with Crippen molar-refractivity contribution in [3.05, 3.63) is 69.9 Å². The fraction of sp³-hybridized carbons (Fsp3) is 0.176. The molecule has 0 aliphatic rings. The van der Waals surface area contributed by atoms with Crippen LogP contribution in [0.15, 0.2) is 53.0 Å². The van der Waals surface area contributed by atoms with Crippen LogP contribution in [0, 0.1) is 5.82 Å². The van der Waals surface area contributed by atoms with Crippen LogP contribution in [-0.2, 0) is 16.1 Å². The fourth-order valence-electron chi connectivity index (χ4n) is 2.15. The van der Waals surface area contributed by atoms with Crippen molar-refractivity contribution in [2.45, 2.75) is 19.1 Å². The standard InChI is InChI=1S/C17H15BrFNO4/c18-12-7-4-8-13(19)16(12)14(9-15(21)22)20-17(23)24-10-11-5-2-1-3-6-11/h1-8,14H,9-10H2,(H,20,23)(H,21,22)/t14-/m1/s1. The molecule has 24 heavy (non-hydrogen) atoms. The molecule has 126 valence electrons. The molecule has 0 aromatic heterocycles. The summed E-state index contributed by atoms with van der Waals surface area (Å²) in [5.41, 5.74) is 0.853. The molecule has 0 heterocycles. The summed E-state index contributed by atoms with van der Waals surface area (Å²) in [6.07, 6.45) is -1.29. The third kappa shape index (κ3) is 5.06. The average Bonchev–Trinajstić information content (AvgIpc) is 2.53. The van der Waals surface area contributed by atoms with Gasteiger partial charge < -0.3 is 15.2 Å².